The molecule has 2 aromatic carbocycles. The van der Waals surface area contributed by atoms with Crippen LogP contribution in [0.25, 0.3) is 0 Å². The van der Waals surface area contributed by atoms with E-state index in [0.29, 0.717) is 11.4 Å². The zero-order valence-electron chi connectivity index (χ0n) is 15.0. The van der Waals surface area contributed by atoms with Crippen LogP contribution in [0.3, 0.4) is 0 Å². The number of carbonyl (C=O) groups excluding carboxylic acids is 1. The van der Waals surface area contributed by atoms with Crippen LogP contribution in [0.5, 0.6) is 0 Å². The predicted molar refractivity (Wildman–Crippen MR) is 98.2 cm³/mol. The van der Waals surface area contributed by atoms with Crippen molar-refractivity contribution in [1.29, 1.82) is 0 Å². The summed E-state index contributed by atoms with van der Waals surface area (Å²) in [4.78, 5) is 12.1. The Bertz CT molecular complexity index is 728. The number of anilines is 2. The van der Waals surface area contributed by atoms with Gasteiger partial charge in [0.05, 0.1) is 31.9 Å². The maximum Gasteiger partial charge on any atom is 0.310 e. The molecule has 0 radical (unpaired) electrons. The van der Waals surface area contributed by atoms with Crippen molar-refractivity contribution in [2.45, 2.75) is 20.3 Å². The Labute approximate surface area is 152 Å². The van der Waals surface area contributed by atoms with Crippen molar-refractivity contribution in [3.63, 3.8) is 0 Å². The van der Waals surface area contributed by atoms with Crippen LogP contribution in [0.15, 0.2) is 36.4 Å². The smallest absolute Gasteiger partial charge is 0.310 e. The molecule has 2 rings (SSSR count). The number of hydrogen-bond donors (Lipinski definition) is 2. The average Bonchev–Trinajstić information content (AvgIpc) is 2.60. The van der Waals surface area contributed by atoms with Gasteiger partial charge >= 0.3 is 5.97 Å². The molecule has 5 nitrogen and oxygen atoms in total. The van der Waals surface area contributed by atoms with Crippen molar-refractivity contribution in [3.05, 3.63) is 58.9 Å². The summed E-state index contributed by atoms with van der Waals surface area (Å²) < 4.78 is 24.3. The van der Waals surface area contributed by atoms with E-state index in [2.05, 4.69) is 5.32 Å². The Morgan fingerprint density at radius 1 is 1.15 bits per heavy atom. The van der Waals surface area contributed by atoms with E-state index < -0.39 is 5.97 Å². The lowest BCUT2D eigenvalue weighted by molar-refractivity contribution is -0.144. The Balaban J connectivity index is 2.06. The third-order valence-corrected chi connectivity index (χ3v) is 3.80. The fourth-order valence-electron chi connectivity index (χ4n) is 2.50. The number of rotatable bonds is 9. The molecule has 2 aromatic rings. The number of para-hydroxylation sites is 1. The first-order valence-corrected chi connectivity index (χ1v) is 8.47. The minimum atomic E-state index is -0.392. The van der Waals surface area contributed by atoms with Crippen LogP contribution in [-0.2, 0) is 20.7 Å². The van der Waals surface area contributed by atoms with Gasteiger partial charge in [0.2, 0.25) is 0 Å². The van der Waals surface area contributed by atoms with Crippen LogP contribution in [-0.4, -0.2) is 37.5 Å². The standard InChI is InChI=1S/C20H24FNO4/c1-14-6-7-18(22-20-15(2)4-3-5-17(20)21)16(12-14)13-19(24)26-11-10-25-9-8-23/h3-7,12,22-23H,8-11,13H2,1-2H3. The molecule has 0 spiro atoms. The zero-order valence-corrected chi connectivity index (χ0v) is 15.0. The maximum absolute atomic E-state index is 14.1. The van der Waals surface area contributed by atoms with Crippen molar-refractivity contribution in [2.75, 3.05) is 31.7 Å². The predicted octanol–water partition coefficient (Wildman–Crippen LogP) is 3.28. The molecule has 0 heterocycles. The summed E-state index contributed by atoms with van der Waals surface area (Å²) in [5, 5.41) is 11.7. The first-order chi connectivity index (χ1) is 12.5. The van der Waals surface area contributed by atoms with Gasteiger partial charge in [-0.25, -0.2) is 4.39 Å². The Morgan fingerprint density at radius 2 is 1.96 bits per heavy atom. The first kappa shape index (κ1) is 19.9. The van der Waals surface area contributed by atoms with Crippen LogP contribution in [0.2, 0.25) is 0 Å². The van der Waals surface area contributed by atoms with Crippen molar-refractivity contribution >= 4 is 17.3 Å². The van der Waals surface area contributed by atoms with Gasteiger partial charge in [0, 0.05) is 5.69 Å². The van der Waals surface area contributed by atoms with Crippen LogP contribution in [0, 0.1) is 19.7 Å². The molecule has 0 bridgehead atoms. The quantitative estimate of drug-likeness (QED) is 0.530. The number of carbonyl (C=O) groups is 1. The molecule has 6 heteroatoms. The molecule has 0 atom stereocenters. The van der Waals surface area contributed by atoms with Gasteiger partial charge in [-0.1, -0.05) is 29.8 Å². The van der Waals surface area contributed by atoms with Gasteiger partial charge < -0.3 is 19.9 Å². The fourth-order valence-corrected chi connectivity index (χ4v) is 2.50. The molecule has 0 aromatic heterocycles. The van der Waals surface area contributed by atoms with E-state index in [-0.39, 0.29) is 38.7 Å². The number of aliphatic hydroxyl groups is 1. The number of halogens is 1. The second-order valence-electron chi connectivity index (χ2n) is 5.95. The molecule has 0 amide bonds. The Hall–Kier alpha value is -2.44. The molecule has 26 heavy (non-hydrogen) atoms. The maximum atomic E-state index is 14.1. The van der Waals surface area contributed by atoms with Crippen LogP contribution < -0.4 is 5.32 Å². The highest BCUT2D eigenvalue weighted by Crippen LogP contribution is 2.27. The number of esters is 1. The normalized spacial score (nSPS) is 10.6. The summed E-state index contributed by atoms with van der Waals surface area (Å²) in [6, 6.07) is 10.5. The number of hydrogen-bond acceptors (Lipinski definition) is 5. The van der Waals surface area contributed by atoms with E-state index in [0.717, 1.165) is 16.7 Å². The molecular formula is C20H24FNO4. The molecular weight excluding hydrogens is 337 g/mol. The van der Waals surface area contributed by atoms with Gasteiger partial charge in [0.25, 0.3) is 0 Å². The van der Waals surface area contributed by atoms with Gasteiger partial charge in [-0.15, -0.1) is 0 Å². The lowest BCUT2D eigenvalue weighted by Crippen LogP contribution is -2.14. The van der Waals surface area contributed by atoms with E-state index in [9.17, 15) is 9.18 Å². The second-order valence-corrected chi connectivity index (χ2v) is 5.95. The lowest BCUT2D eigenvalue weighted by Gasteiger charge is -2.15. The van der Waals surface area contributed by atoms with Gasteiger partial charge in [0.1, 0.15) is 12.4 Å². The van der Waals surface area contributed by atoms with Gasteiger partial charge in [0.15, 0.2) is 0 Å². The topological polar surface area (TPSA) is 67.8 Å². The summed E-state index contributed by atoms with van der Waals surface area (Å²) in [5.74, 6) is -0.739. The fraction of sp³-hybridized carbons (Fsp3) is 0.350. The largest absolute Gasteiger partial charge is 0.463 e. The Morgan fingerprint density at radius 3 is 2.69 bits per heavy atom. The van der Waals surface area contributed by atoms with Crippen molar-refractivity contribution < 1.29 is 23.8 Å². The molecule has 0 aliphatic rings. The number of aliphatic hydroxyl groups excluding tert-OH is 1. The van der Waals surface area contributed by atoms with Crippen molar-refractivity contribution in [2.24, 2.45) is 0 Å². The highest BCUT2D eigenvalue weighted by atomic mass is 19.1. The minimum absolute atomic E-state index is 0.0670. The third-order valence-electron chi connectivity index (χ3n) is 3.80. The number of benzene rings is 2. The van der Waals surface area contributed by atoms with E-state index in [1.807, 2.05) is 38.1 Å². The van der Waals surface area contributed by atoms with E-state index in [1.54, 1.807) is 6.07 Å². The monoisotopic (exact) mass is 361 g/mol. The number of aryl methyl sites for hydroxylation is 2. The van der Waals surface area contributed by atoms with Crippen LogP contribution in [0.1, 0.15) is 16.7 Å². The average molecular weight is 361 g/mol. The van der Waals surface area contributed by atoms with E-state index in [1.165, 1.54) is 6.07 Å². The number of ether oxygens (including phenoxy) is 2. The van der Waals surface area contributed by atoms with Crippen LogP contribution in [0.4, 0.5) is 15.8 Å². The van der Waals surface area contributed by atoms with Crippen molar-refractivity contribution in [1.82, 2.24) is 0 Å². The third kappa shape index (κ3) is 5.82. The van der Waals surface area contributed by atoms with Crippen molar-refractivity contribution in [3.8, 4) is 0 Å². The summed E-state index contributed by atoms with van der Waals surface area (Å²) in [5.41, 5.74) is 3.56. The van der Waals surface area contributed by atoms with Gasteiger partial charge in [-0.05, 0) is 37.1 Å². The molecule has 0 fully saturated rings. The van der Waals surface area contributed by atoms with Gasteiger partial charge in [-0.2, -0.15) is 0 Å². The van der Waals surface area contributed by atoms with E-state index in [4.69, 9.17) is 14.6 Å². The van der Waals surface area contributed by atoms with Crippen LogP contribution >= 0.6 is 0 Å². The highest BCUT2D eigenvalue weighted by molar-refractivity contribution is 5.77. The SMILES string of the molecule is Cc1ccc(Nc2c(C)cccc2F)c(CC(=O)OCCOCCO)c1. The molecule has 140 valence electrons. The summed E-state index contributed by atoms with van der Waals surface area (Å²) in [7, 11) is 0. The molecule has 2 N–H and O–H groups in total. The molecule has 0 unspecified atom stereocenters. The lowest BCUT2D eigenvalue weighted by atomic mass is 10.1. The highest BCUT2D eigenvalue weighted by Gasteiger charge is 2.12. The summed E-state index contributed by atoms with van der Waals surface area (Å²) in [6.07, 6.45) is 0.0670. The van der Waals surface area contributed by atoms with Gasteiger partial charge in [-0.3, -0.25) is 4.79 Å². The molecule has 0 aliphatic carbocycles. The summed E-state index contributed by atoms with van der Waals surface area (Å²) >= 11 is 0. The molecule has 0 saturated heterocycles. The Kier molecular flexibility index (Phi) is 7.56. The summed E-state index contributed by atoms with van der Waals surface area (Å²) in [6.45, 7) is 4.25. The molecule has 0 aliphatic heterocycles. The van der Waals surface area contributed by atoms with E-state index >= 15 is 0 Å². The molecule has 0 saturated carbocycles. The second kappa shape index (κ2) is 9.89. The minimum Gasteiger partial charge on any atom is -0.463 e. The zero-order chi connectivity index (χ0) is 18.9. The first-order valence-electron chi connectivity index (χ1n) is 8.47. The number of nitrogens with one attached hydrogen (secondary N) is 1.